The Labute approximate surface area is 111 Å². The molecule has 0 amide bonds. The highest BCUT2D eigenvalue weighted by Crippen LogP contribution is 2.46. The number of hydrogen-bond acceptors (Lipinski definition) is 3. The van der Waals surface area contributed by atoms with Crippen LogP contribution < -0.4 is 0 Å². The lowest BCUT2D eigenvalue weighted by atomic mass is 9.80. The van der Waals surface area contributed by atoms with Crippen LogP contribution in [-0.4, -0.2) is 36.1 Å². The van der Waals surface area contributed by atoms with Crippen molar-refractivity contribution >= 4 is 5.97 Å². The first-order valence-corrected chi connectivity index (χ1v) is 7.63. The molecule has 3 nitrogen and oxygen atoms in total. The fourth-order valence-corrected chi connectivity index (χ4v) is 4.10. The van der Waals surface area contributed by atoms with E-state index in [0.29, 0.717) is 18.9 Å². The number of carbonyl (C=O) groups is 1. The van der Waals surface area contributed by atoms with Gasteiger partial charge in [0, 0.05) is 5.54 Å². The van der Waals surface area contributed by atoms with Crippen molar-refractivity contribution in [1.82, 2.24) is 4.90 Å². The average Bonchev–Trinajstić information content (AvgIpc) is 2.97. The van der Waals surface area contributed by atoms with Gasteiger partial charge in [-0.1, -0.05) is 19.8 Å². The third-order valence-corrected chi connectivity index (χ3v) is 4.91. The molecule has 0 bridgehead atoms. The SMILES string of the molecule is CCOC(=O)CC1(N2CCCC2)CCCC1CC. The molecule has 0 N–H and O–H groups in total. The van der Waals surface area contributed by atoms with E-state index in [1.165, 1.54) is 51.6 Å². The van der Waals surface area contributed by atoms with E-state index in [-0.39, 0.29) is 11.5 Å². The summed E-state index contributed by atoms with van der Waals surface area (Å²) in [4.78, 5) is 14.6. The lowest BCUT2D eigenvalue weighted by Crippen LogP contribution is -2.51. The number of nitrogens with zero attached hydrogens (tertiary/aromatic N) is 1. The second kappa shape index (κ2) is 6.05. The van der Waals surface area contributed by atoms with Gasteiger partial charge < -0.3 is 4.74 Å². The largest absolute Gasteiger partial charge is 0.466 e. The first-order chi connectivity index (χ1) is 8.73. The molecule has 0 aromatic carbocycles. The van der Waals surface area contributed by atoms with E-state index in [4.69, 9.17) is 4.74 Å². The molecule has 0 radical (unpaired) electrons. The Morgan fingerprint density at radius 3 is 2.61 bits per heavy atom. The first-order valence-electron chi connectivity index (χ1n) is 7.63. The topological polar surface area (TPSA) is 29.5 Å². The van der Waals surface area contributed by atoms with Crippen molar-refractivity contribution in [2.75, 3.05) is 19.7 Å². The molecule has 2 atom stereocenters. The molecule has 2 fully saturated rings. The minimum absolute atomic E-state index is 0.00440. The molecule has 104 valence electrons. The maximum Gasteiger partial charge on any atom is 0.307 e. The summed E-state index contributed by atoms with van der Waals surface area (Å²) in [6.07, 6.45) is 8.13. The molecule has 3 heteroatoms. The molecule has 2 unspecified atom stereocenters. The van der Waals surface area contributed by atoms with Gasteiger partial charge in [-0.15, -0.1) is 0 Å². The van der Waals surface area contributed by atoms with E-state index in [9.17, 15) is 4.79 Å². The Morgan fingerprint density at radius 2 is 2.00 bits per heavy atom. The molecule has 2 aliphatic rings. The summed E-state index contributed by atoms with van der Waals surface area (Å²) in [6.45, 7) is 7.02. The lowest BCUT2D eigenvalue weighted by Gasteiger charge is -2.43. The molecule has 1 heterocycles. The van der Waals surface area contributed by atoms with Crippen LogP contribution in [0, 0.1) is 5.92 Å². The van der Waals surface area contributed by atoms with Crippen LogP contribution in [0.15, 0.2) is 0 Å². The molecule has 1 saturated carbocycles. The van der Waals surface area contributed by atoms with Crippen LogP contribution in [0.25, 0.3) is 0 Å². The minimum Gasteiger partial charge on any atom is -0.466 e. The van der Waals surface area contributed by atoms with E-state index in [0.717, 1.165) is 0 Å². The Balaban J connectivity index is 2.13. The number of hydrogen-bond donors (Lipinski definition) is 0. The van der Waals surface area contributed by atoms with E-state index in [2.05, 4.69) is 11.8 Å². The van der Waals surface area contributed by atoms with Crippen LogP contribution in [0.2, 0.25) is 0 Å². The second-order valence-electron chi connectivity index (χ2n) is 5.78. The smallest absolute Gasteiger partial charge is 0.307 e. The molecular weight excluding hydrogens is 226 g/mol. The van der Waals surface area contributed by atoms with E-state index in [1.54, 1.807) is 0 Å². The Hall–Kier alpha value is -0.570. The van der Waals surface area contributed by atoms with Gasteiger partial charge in [0.1, 0.15) is 0 Å². The fourth-order valence-electron chi connectivity index (χ4n) is 4.10. The first kappa shape index (κ1) is 13.9. The Morgan fingerprint density at radius 1 is 1.28 bits per heavy atom. The van der Waals surface area contributed by atoms with Gasteiger partial charge >= 0.3 is 5.97 Å². The maximum atomic E-state index is 12.0. The van der Waals surface area contributed by atoms with E-state index in [1.807, 2.05) is 6.92 Å². The number of rotatable bonds is 5. The van der Waals surface area contributed by atoms with Crippen molar-refractivity contribution < 1.29 is 9.53 Å². The highest BCUT2D eigenvalue weighted by Gasteiger charge is 2.48. The van der Waals surface area contributed by atoms with Crippen LogP contribution in [0.3, 0.4) is 0 Å². The van der Waals surface area contributed by atoms with Crippen molar-refractivity contribution in [3.05, 3.63) is 0 Å². The van der Waals surface area contributed by atoms with Gasteiger partial charge in [0.05, 0.1) is 13.0 Å². The van der Waals surface area contributed by atoms with Gasteiger partial charge in [0.15, 0.2) is 0 Å². The van der Waals surface area contributed by atoms with E-state index >= 15 is 0 Å². The zero-order chi connectivity index (χ0) is 13.0. The maximum absolute atomic E-state index is 12.0. The standard InChI is InChI=1S/C15H27NO2/c1-3-13-8-7-9-15(13,12-14(17)18-4-2)16-10-5-6-11-16/h13H,3-12H2,1-2H3. The molecule has 0 aromatic rings. The third-order valence-electron chi connectivity index (χ3n) is 4.91. The Kier molecular flexibility index (Phi) is 4.66. The monoisotopic (exact) mass is 253 g/mol. The predicted molar refractivity (Wildman–Crippen MR) is 72.4 cm³/mol. The van der Waals surface area contributed by atoms with Gasteiger partial charge in [-0.25, -0.2) is 0 Å². The molecule has 1 saturated heterocycles. The summed E-state index contributed by atoms with van der Waals surface area (Å²) in [7, 11) is 0. The molecule has 0 spiro atoms. The van der Waals surface area contributed by atoms with Crippen molar-refractivity contribution in [3.63, 3.8) is 0 Å². The third kappa shape index (κ3) is 2.56. The van der Waals surface area contributed by atoms with E-state index < -0.39 is 0 Å². The molecule has 0 aromatic heterocycles. The number of ether oxygens (including phenoxy) is 1. The molecular formula is C15H27NO2. The zero-order valence-corrected chi connectivity index (χ0v) is 11.9. The summed E-state index contributed by atoms with van der Waals surface area (Å²) in [5.74, 6) is 0.685. The quantitative estimate of drug-likeness (QED) is 0.705. The summed E-state index contributed by atoms with van der Waals surface area (Å²) in [6, 6.07) is 0. The molecule has 2 rings (SSSR count). The van der Waals surface area contributed by atoms with Crippen molar-refractivity contribution in [1.29, 1.82) is 0 Å². The number of carbonyl (C=O) groups excluding carboxylic acids is 1. The van der Waals surface area contributed by atoms with Crippen LogP contribution in [0.4, 0.5) is 0 Å². The normalized spacial score (nSPS) is 32.9. The second-order valence-corrected chi connectivity index (χ2v) is 5.78. The predicted octanol–water partition coefficient (Wildman–Crippen LogP) is 2.98. The van der Waals surface area contributed by atoms with Gasteiger partial charge in [-0.05, 0) is 51.6 Å². The van der Waals surface area contributed by atoms with Gasteiger partial charge in [0.25, 0.3) is 0 Å². The van der Waals surface area contributed by atoms with Crippen LogP contribution >= 0.6 is 0 Å². The molecule has 18 heavy (non-hydrogen) atoms. The summed E-state index contributed by atoms with van der Waals surface area (Å²) < 4.78 is 5.22. The summed E-state index contributed by atoms with van der Waals surface area (Å²) >= 11 is 0. The van der Waals surface area contributed by atoms with Crippen molar-refractivity contribution in [3.8, 4) is 0 Å². The van der Waals surface area contributed by atoms with Gasteiger partial charge in [-0.2, -0.15) is 0 Å². The average molecular weight is 253 g/mol. The number of likely N-dealkylation sites (tertiary alicyclic amines) is 1. The van der Waals surface area contributed by atoms with Gasteiger partial charge in [-0.3, -0.25) is 9.69 Å². The fraction of sp³-hybridized carbons (Fsp3) is 0.933. The highest BCUT2D eigenvalue weighted by molar-refractivity contribution is 5.71. The van der Waals surface area contributed by atoms with Crippen LogP contribution in [-0.2, 0) is 9.53 Å². The minimum atomic E-state index is 0.00440. The van der Waals surface area contributed by atoms with Crippen LogP contribution in [0.1, 0.15) is 58.8 Å². The Bertz CT molecular complexity index is 286. The summed E-state index contributed by atoms with van der Waals surface area (Å²) in [5, 5.41) is 0. The van der Waals surface area contributed by atoms with Gasteiger partial charge in [0.2, 0.25) is 0 Å². The summed E-state index contributed by atoms with van der Waals surface area (Å²) in [5.41, 5.74) is 0.123. The van der Waals surface area contributed by atoms with Crippen molar-refractivity contribution in [2.45, 2.75) is 64.3 Å². The zero-order valence-electron chi connectivity index (χ0n) is 11.9. The number of esters is 1. The molecule has 1 aliphatic heterocycles. The highest BCUT2D eigenvalue weighted by atomic mass is 16.5. The molecule has 1 aliphatic carbocycles. The van der Waals surface area contributed by atoms with Crippen molar-refractivity contribution in [2.24, 2.45) is 5.92 Å². The van der Waals surface area contributed by atoms with Crippen LogP contribution in [0.5, 0.6) is 0 Å². The lowest BCUT2D eigenvalue weighted by molar-refractivity contribution is -0.147.